The van der Waals surface area contributed by atoms with Crippen molar-refractivity contribution in [2.75, 3.05) is 33.4 Å². The summed E-state index contributed by atoms with van der Waals surface area (Å²) in [4.78, 5) is 4.38. The molecule has 1 aliphatic heterocycles. The van der Waals surface area contributed by atoms with Crippen molar-refractivity contribution in [2.24, 2.45) is 10.9 Å². The zero-order valence-electron chi connectivity index (χ0n) is 16.0. The van der Waals surface area contributed by atoms with Gasteiger partial charge in [0.05, 0.1) is 0 Å². The van der Waals surface area contributed by atoms with Crippen molar-refractivity contribution < 1.29 is 4.74 Å². The zero-order chi connectivity index (χ0) is 17.5. The second kappa shape index (κ2) is 10.5. The van der Waals surface area contributed by atoms with Gasteiger partial charge in [-0.25, -0.2) is 0 Å². The molecule has 146 valence electrons. The van der Waals surface area contributed by atoms with Gasteiger partial charge in [0.25, 0.3) is 0 Å². The number of ether oxygens (including phenoxy) is 1. The van der Waals surface area contributed by atoms with Gasteiger partial charge in [0, 0.05) is 44.9 Å². The number of aliphatic imine (C=N–C) groups is 1. The molecule has 0 amide bonds. The molecular weight excluding hydrogens is 439 g/mol. The average Bonchev–Trinajstić information content (AvgIpc) is 3.48. The van der Waals surface area contributed by atoms with Crippen LogP contribution in [0.2, 0.25) is 0 Å². The minimum atomic E-state index is 0. The lowest BCUT2D eigenvalue weighted by molar-refractivity contribution is 0.0355. The van der Waals surface area contributed by atoms with Gasteiger partial charge < -0.3 is 20.7 Å². The summed E-state index contributed by atoms with van der Waals surface area (Å²) in [6.45, 7) is 5.75. The van der Waals surface area contributed by atoms with Crippen LogP contribution in [-0.2, 0) is 4.74 Å². The summed E-state index contributed by atoms with van der Waals surface area (Å²) in [5, 5.41) is 10.9. The molecule has 2 fully saturated rings. The maximum absolute atomic E-state index is 5.62. The van der Waals surface area contributed by atoms with Crippen molar-refractivity contribution in [3.63, 3.8) is 0 Å². The molecule has 0 aromatic heterocycles. The summed E-state index contributed by atoms with van der Waals surface area (Å²) in [6, 6.07) is 11.0. The second-order valence-corrected chi connectivity index (χ2v) is 7.42. The first-order valence-corrected chi connectivity index (χ1v) is 9.56. The first-order valence-electron chi connectivity index (χ1n) is 9.56. The number of halogens is 1. The molecule has 1 saturated carbocycles. The van der Waals surface area contributed by atoms with Crippen LogP contribution in [0, 0.1) is 5.92 Å². The summed E-state index contributed by atoms with van der Waals surface area (Å²) in [7, 11) is 1.85. The Hall–Kier alpha value is -0.860. The summed E-state index contributed by atoms with van der Waals surface area (Å²) in [5.74, 6) is 1.75. The monoisotopic (exact) mass is 472 g/mol. The molecule has 26 heavy (non-hydrogen) atoms. The normalized spacial score (nSPS) is 20.8. The predicted octanol–water partition coefficient (Wildman–Crippen LogP) is 3.08. The van der Waals surface area contributed by atoms with E-state index in [2.05, 4.69) is 58.2 Å². The third-order valence-electron chi connectivity index (χ3n) is 5.35. The first kappa shape index (κ1) is 21.4. The van der Waals surface area contributed by atoms with E-state index in [1.54, 1.807) is 0 Å². The van der Waals surface area contributed by atoms with E-state index in [0.717, 1.165) is 51.0 Å². The summed E-state index contributed by atoms with van der Waals surface area (Å²) >= 11 is 0. The van der Waals surface area contributed by atoms with Crippen molar-refractivity contribution in [2.45, 2.75) is 44.2 Å². The highest BCUT2D eigenvalue weighted by molar-refractivity contribution is 14.0. The number of nitrogens with zero attached hydrogens (tertiary/aromatic N) is 1. The van der Waals surface area contributed by atoms with Crippen molar-refractivity contribution in [1.82, 2.24) is 16.0 Å². The number of hydrogen-bond donors (Lipinski definition) is 3. The van der Waals surface area contributed by atoms with Crippen LogP contribution in [0.1, 0.15) is 44.2 Å². The van der Waals surface area contributed by atoms with Gasteiger partial charge in [-0.2, -0.15) is 0 Å². The average molecular weight is 472 g/mol. The molecule has 0 radical (unpaired) electrons. The van der Waals surface area contributed by atoms with Crippen LogP contribution in [0.5, 0.6) is 0 Å². The Morgan fingerprint density at radius 1 is 1.19 bits per heavy atom. The summed E-state index contributed by atoms with van der Waals surface area (Å²) in [6.07, 6.45) is 4.72. The van der Waals surface area contributed by atoms with Crippen LogP contribution in [-0.4, -0.2) is 44.8 Å². The fourth-order valence-corrected chi connectivity index (χ4v) is 3.46. The molecule has 1 unspecified atom stereocenters. The van der Waals surface area contributed by atoms with Crippen LogP contribution in [0.3, 0.4) is 0 Å². The van der Waals surface area contributed by atoms with E-state index >= 15 is 0 Å². The largest absolute Gasteiger partial charge is 0.381 e. The molecule has 3 rings (SSSR count). The van der Waals surface area contributed by atoms with E-state index < -0.39 is 0 Å². The molecule has 1 saturated heterocycles. The Labute approximate surface area is 174 Å². The Morgan fingerprint density at radius 2 is 1.88 bits per heavy atom. The third kappa shape index (κ3) is 6.39. The van der Waals surface area contributed by atoms with Crippen molar-refractivity contribution in [3.8, 4) is 0 Å². The first-order chi connectivity index (χ1) is 12.2. The maximum atomic E-state index is 5.62. The standard InChI is InChI=1S/C20H32N4O.HI/c1-16(18-6-4-3-5-7-18)24-20(10-12-25-13-11-20)15-23-19(21-2)22-14-17-8-9-17;/h3-7,16-17,24H,8-15H2,1-2H3,(H2,21,22,23);1H. The quantitative estimate of drug-likeness (QED) is 0.325. The van der Waals surface area contributed by atoms with Gasteiger partial charge in [-0.1, -0.05) is 30.3 Å². The Balaban J connectivity index is 0.00000243. The number of benzene rings is 1. The van der Waals surface area contributed by atoms with E-state index in [1.807, 2.05) is 7.05 Å². The molecule has 6 heteroatoms. The molecule has 0 spiro atoms. The van der Waals surface area contributed by atoms with Crippen molar-refractivity contribution in [3.05, 3.63) is 35.9 Å². The van der Waals surface area contributed by atoms with Crippen molar-refractivity contribution in [1.29, 1.82) is 0 Å². The fourth-order valence-electron chi connectivity index (χ4n) is 3.46. The molecule has 5 nitrogen and oxygen atoms in total. The number of rotatable bonds is 7. The zero-order valence-corrected chi connectivity index (χ0v) is 18.3. The summed E-state index contributed by atoms with van der Waals surface area (Å²) in [5.41, 5.74) is 1.36. The highest BCUT2D eigenvalue weighted by Gasteiger charge is 2.34. The number of hydrogen-bond acceptors (Lipinski definition) is 3. The second-order valence-electron chi connectivity index (χ2n) is 7.42. The van der Waals surface area contributed by atoms with Crippen LogP contribution in [0.4, 0.5) is 0 Å². The SMILES string of the molecule is CN=C(NCC1CC1)NCC1(NC(C)c2ccccc2)CCOCC1.I. The van der Waals surface area contributed by atoms with Gasteiger partial charge in [0.2, 0.25) is 0 Å². The predicted molar refractivity (Wildman–Crippen MR) is 118 cm³/mol. The van der Waals surface area contributed by atoms with Gasteiger partial charge in [0.1, 0.15) is 0 Å². The van der Waals surface area contributed by atoms with Crippen molar-refractivity contribution >= 4 is 29.9 Å². The molecular formula is C20H33IN4O. The molecule has 1 aromatic carbocycles. The molecule has 0 bridgehead atoms. The maximum Gasteiger partial charge on any atom is 0.191 e. The van der Waals surface area contributed by atoms with E-state index in [9.17, 15) is 0 Å². The lowest BCUT2D eigenvalue weighted by atomic mass is 9.88. The third-order valence-corrected chi connectivity index (χ3v) is 5.35. The van der Waals surface area contributed by atoms with E-state index in [4.69, 9.17) is 4.74 Å². The molecule has 1 aromatic rings. The number of nitrogens with one attached hydrogen (secondary N) is 3. The topological polar surface area (TPSA) is 57.7 Å². The molecule has 1 aliphatic carbocycles. The van der Waals surface area contributed by atoms with Gasteiger partial charge in [0.15, 0.2) is 5.96 Å². The van der Waals surface area contributed by atoms with Crippen LogP contribution in [0.25, 0.3) is 0 Å². The molecule has 3 N–H and O–H groups in total. The van der Waals surface area contributed by atoms with Crippen LogP contribution >= 0.6 is 24.0 Å². The molecule has 2 aliphatic rings. The lowest BCUT2D eigenvalue weighted by Crippen LogP contribution is -2.58. The van der Waals surface area contributed by atoms with Gasteiger partial charge in [-0.05, 0) is 44.1 Å². The summed E-state index contributed by atoms with van der Waals surface area (Å²) < 4.78 is 5.62. The number of guanidine groups is 1. The minimum absolute atomic E-state index is 0. The Kier molecular flexibility index (Phi) is 8.63. The Morgan fingerprint density at radius 3 is 2.50 bits per heavy atom. The minimum Gasteiger partial charge on any atom is -0.381 e. The molecule has 1 heterocycles. The molecule has 1 atom stereocenters. The lowest BCUT2D eigenvalue weighted by Gasteiger charge is -2.41. The van der Waals surface area contributed by atoms with Gasteiger partial charge in [-0.15, -0.1) is 24.0 Å². The van der Waals surface area contributed by atoms with E-state index in [1.165, 1.54) is 18.4 Å². The van der Waals surface area contributed by atoms with Crippen LogP contribution < -0.4 is 16.0 Å². The highest BCUT2D eigenvalue weighted by Crippen LogP contribution is 2.27. The fraction of sp³-hybridized carbons (Fsp3) is 0.650. The van der Waals surface area contributed by atoms with Gasteiger partial charge >= 0.3 is 0 Å². The highest BCUT2D eigenvalue weighted by atomic mass is 127. The Bertz CT molecular complexity index is 556. The smallest absolute Gasteiger partial charge is 0.191 e. The van der Waals surface area contributed by atoms with Crippen LogP contribution in [0.15, 0.2) is 35.3 Å². The van der Waals surface area contributed by atoms with E-state index in [-0.39, 0.29) is 29.5 Å². The van der Waals surface area contributed by atoms with E-state index in [0.29, 0.717) is 6.04 Å². The van der Waals surface area contributed by atoms with Gasteiger partial charge in [-0.3, -0.25) is 4.99 Å².